The van der Waals surface area contributed by atoms with Gasteiger partial charge < -0.3 is 15.7 Å². The molecule has 0 fully saturated rings. The van der Waals surface area contributed by atoms with Crippen molar-refractivity contribution in [1.82, 2.24) is 5.32 Å². The molecule has 1 atom stereocenters. The van der Waals surface area contributed by atoms with E-state index in [9.17, 15) is 14.4 Å². The molecule has 0 aliphatic heterocycles. The smallest absolute Gasteiger partial charge is 0.322 e. The molecular weight excluding hydrogens is 332 g/mol. The lowest BCUT2D eigenvalue weighted by atomic mass is 9.87. The molecule has 136 valence electrons. The van der Waals surface area contributed by atoms with Crippen LogP contribution in [0.4, 0.5) is 5.69 Å². The minimum atomic E-state index is -1.11. The van der Waals surface area contributed by atoms with E-state index in [1.54, 1.807) is 24.3 Å². The van der Waals surface area contributed by atoms with Crippen LogP contribution in [-0.2, 0) is 9.59 Å². The monoisotopic (exact) mass is 354 g/mol. The maximum atomic E-state index is 12.7. The van der Waals surface area contributed by atoms with Crippen LogP contribution in [0, 0.1) is 5.92 Å². The van der Waals surface area contributed by atoms with Crippen molar-refractivity contribution in [3.05, 3.63) is 65.7 Å². The van der Waals surface area contributed by atoms with E-state index < -0.39 is 18.4 Å². The van der Waals surface area contributed by atoms with Crippen LogP contribution in [0.25, 0.3) is 0 Å². The number of rotatable bonds is 7. The normalized spacial score (nSPS) is 11.7. The summed E-state index contributed by atoms with van der Waals surface area (Å²) in [5.41, 5.74) is 1.85. The van der Waals surface area contributed by atoms with E-state index in [4.69, 9.17) is 5.11 Å². The number of hydrogen-bond donors (Lipinski definition) is 3. The highest BCUT2D eigenvalue weighted by atomic mass is 16.4. The Bertz CT molecular complexity index is 770. The third kappa shape index (κ3) is 5.17. The third-order valence-electron chi connectivity index (χ3n) is 3.92. The fourth-order valence-corrected chi connectivity index (χ4v) is 2.68. The van der Waals surface area contributed by atoms with E-state index in [-0.39, 0.29) is 17.7 Å². The van der Waals surface area contributed by atoms with Crippen molar-refractivity contribution in [3.8, 4) is 0 Å². The molecule has 0 spiro atoms. The van der Waals surface area contributed by atoms with E-state index in [2.05, 4.69) is 10.6 Å². The number of amides is 2. The number of aliphatic carboxylic acids is 1. The van der Waals surface area contributed by atoms with Gasteiger partial charge in [0, 0.05) is 11.3 Å². The second-order valence-electron chi connectivity index (χ2n) is 6.28. The van der Waals surface area contributed by atoms with Crippen LogP contribution in [0.3, 0.4) is 0 Å². The van der Waals surface area contributed by atoms with Gasteiger partial charge in [0.25, 0.3) is 5.91 Å². The van der Waals surface area contributed by atoms with Gasteiger partial charge in [-0.1, -0.05) is 44.2 Å². The minimum absolute atomic E-state index is 0.116. The van der Waals surface area contributed by atoms with Gasteiger partial charge in [0.15, 0.2) is 0 Å². The van der Waals surface area contributed by atoms with Crippen molar-refractivity contribution in [2.45, 2.75) is 19.8 Å². The molecule has 0 aromatic heterocycles. The van der Waals surface area contributed by atoms with E-state index in [1.165, 1.54) is 0 Å². The Morgan fingerprint density at radius 1 is 0.962 bits per heavy atom. The first-order valence-corrected chi connectivity index (χ1v) is 8.34. The molecule has 6 nitrogen and oxygen atoms in total. The molecule has 2 amide bonds. The fourth-order valence-electron chi connectivity index (χ4n) is 2.68. The maximum absolute atomic E-state index is 12.7. The molecule has 2 rings (SSSR count). The zero-order chi connectivity index (χ0) is 19.1. The third-order valence-corrected chi connectivity index (χ3v) is 3.92. The fraction of sp³-hybridized carbons (Fsp3) is 0.250. The number of hydrogen-bond acceptors (Lipinski definition) is 3. The van der Waals surface area contributed by atoms with Gasteiger partial charge in [-0.3, -0.25) is 14.4 Å². The molecule has 0 aliphatic carbocycles. The molecule has 3 N–H and O–H groups in total. The van der Waals surface area contributed by atoms with Crippen molar-refractivity contribution in [1.29, 1.82) is 0 Å². The molecule has 0 aliphatic rings. The molecule has 0 heterocycles. The Morgan fingerprint density at radius 2 is 1.58 bits per heavy atom. The highest BCUT2D eigenvalue weighted by Gasteiger charge is 2.24. The molecule has 0 saturated carbocycles. The number of carboxylic acid groups (broad SMARTS) is 1. The number of benzene rings is 2. The number of nitrogens with one attached hydrogen (secondary N) is 2. The van der Waals surface area contributed by atoms with Crippen LogP contribution >= 0.6 is 0 Å². The summed E-state index contributed by atoms with van der Waals surface area (Å²) in [6, 6.07) is 15.9. The van der Waals surface area contributed by atoms with Crippen LogP contribution in [-0.4, -0.2) is 29.4 Å². The highest BCUT2D eigenvalue weighted by molar-refractivity contribution is 5.98. The van der Waals surface area contributed by atoms with Gasteiger partial charge in [-0.25, -0.2) is 0 Å². The van der Waals surface area contributed by atoms with E-state index >= 15 is 0 Å². The quantitative estimate of drug-likeness (QED) is 0.712. The molecule has 2 aromatic rings. The molecule has 0 radical (unpaired) electrons. The number of anilines is 1. The molecule has 0 saturated heterocycles. The van der Waals surface area contributed by atoms with E-state index in [0.29, 0.717) is 11.3 Å². The number of carboxylic acids is 1. The summed E-state index contributed by atoms with van der Waals surface area (Å²) >= 11 is 0. The van der Waals surface area contributed by atoms with Gasteiger partial charge in [0.05, 0.1) is 5.92 Å². The first kappa shape index (κ1) is 19.2. The second kappa shape index (κ2) is 8.80. The summed E-state index contributed by atoms with van der Waals surface area (Å²) in [4.78, 5) is 35.0. The minimum Gasteiger partial charge on any atom is -0.480 e. The second-order valence-corrected chi connectivity index (χ2v) is 6.28. The number of carbonyl (C=O) groups excluding carboxylic acids is 2. The summed E-state index contributed by atoms with van der Waals surface area (Å²) in [6.07, 6.45) is 0. The average Bonchev–Trinajstić information content (AvgIpc) is 2.61. The summed E-state index contributed by atoms with van der Waals surface area (Å²) in [5.74, 6) is -1.86. The van der Waals surface area contributed by atoms with Gasteiger partial charge in [0.2, 0.25) is 5.91 Å². The van der Waals surface area contributed by atoms with E-state index in [0.717, 1.165) is 5.56 Å². The van der Waals surface area contributed by atoms with Gasteiger partial charge in [-0.15, -0.1) is 0 Å². The first-order valence-electron chi connectivity index (χ1n) is 8.34. The molecule has 1 unspecified atom stereocenters. The zero-order valence-corrected chi connectivity index (χ0v) is 14.7. The number of carbonyl (C=O) groups is 3. The van der Waals surface area contributed by atoms with Crippen molar-refractivity contribution in [3.63, 3.8) is 0 Å². The van der Waals surface area contributed by atoms with Gasteiger partial charge >= 0.3 is 5.97 Å². The Hall–Kier alpha value is -3.15. The Kier molecular flexibility index (Phi) is 6.49. The highest BCUT2D eigenvalue weighted by Crippen LogP contribution is 2.26. The zero-order valence-electron chi connectivity index (χ0n) is 14.7. The molecule has 2 aromatic carbocycles. The standard InChI is InChI=1S/C20H22N2O4/c1-13(2)18(14-6-4-3-5-7-14)20(26)22-16-10-8-15(9-11-16)19(25)21-12-17(23)24/h3-11,13,18H,12H2,1-2H3,(H,21,25)(H,22,26)(H,23,24). The molecular formula is C20H22N2O4. The van der Waals surface area contributed by atoms with Crippen LogP contribution in [0.2, 0.25) is 0 Å². The lowest BCUT2D eigenvalue weighted by Gasteiger charge is -2.20. The van der Waals surface area contributed by atoms with Crippen LogP contribution < -0.4 is 10.6 Å². The predicted octanol–water partition coefficient (Wildman–Crippen LogP) is 2.88. The first-order chi connectivity index (χ1) is 12.4. The summed E-state index contributed by atoms with van der Waals surface area (Å²) in [6.45, 7) is 3.55. The van der Waals surface area contributed by atoms with Crippen LogP contribution in [0.15, 0.2) is 54.6 Å². The Morgan fingerprint density at radius 3 is 2.12 bits per heavy atom. The van der Waals surface area contributed by atoms with Crippen LogP contribution in [0.1, 0.15) is 35.7 Å². The van der Waals surface area contributed by atoms with Gasteiger partial charge in [-0.2, -0.15) is 0 Å². The van der Waals surface area contributed by atoms with E-state index in [1.807, 2.05) is 44.2 Å². The van der Waals surface area contributed by atoms with Gasteiger partial charge in [0.1, 0.15) is 6.54 Å². The lowest BCUT2D eigenvalue weighted by Crippen LogP contribution is -2.29. The topological polar surface area (TPSA) is 95.5 Å². The van der Waals surface area contributed by atoms with Crippen LogP contribution in [0.5, 0.6) is 0 Å². The predicted molar refractivity (Wildman–Crippen MR) is 99.1 cm³/mol. The average molecular weight is 354 g/mol. The van der Waals surface area contributed by atoms with Gasteiger partial charge in [-0.05, 0) is 35.7 Å². The van der Waals surface area contributed by atoms with Crippen molar-refractivity contribution in [2.75, 3.05) is 11.9 Å². The SMILES string of the molecule is CC(C)C(C(=O)Nc1ccc(C(=O)NCC(=O)O)cc1)c1ccccc1. The maximum Gasteiger partial charge on any atom is 0.322 e. The largest absolute Gasteiger partial charge is 0.480 e. The molecule has 6 heteroatoms. The lowest BCUT2D eigenvalue weighted by molar-refractivity contribution is -0.135. The molecule has 26 heavy (non-hydrogen) atoms. The van der Waals surface area contributed by atoms with Crippen molar-refractivity contribution >= 4 is 23.5 Å². The van der Waals surface area contributed by atoms with Crippen molar-refractivity contribution < 1.29 is 19.5 Å². The summed E-state index contributed by atoms with van der Waals surface area (Å²) in [7, 11) is 0. The summed E-state index contributed by atoms with van der Waals surface area (Å²) in [5, 5.41) is 13.7. The Labute approximate surface area is 152 Å². The molecule has 0 bridgehead atoms. The Balaban J connectivity index is 2.06. The van der Waals surface area contributed by atoms with Crippen molar-refractivity contribution in [2.24, 2.45) is 5.92 Å². The summed E-state index contributed by atoms with van der Waals surface area (Å²) < 4.78 is 0.